The maximum Gasteiger partial charge on any atom is 0.281 e. The average Bonchev–Trinajstić information content (AvgIpc) is 3.43. The van der Waals surface area contributed by atoms with Gasteiger partial charge < -0.3 is 9.15 Å². The molecule has 5 aromatic rings. The van der Waals surface area contributed by atoms with Crippen LogP contribution in [0.1, 0.15) is 29.9 Å². The van der Waals surface area contributed by atoms with Crippen molar-refractivity contribution in [2.75, 3.05) is 13.1 Å². The Balaban J connectivity index is 1.13. The molecular weight excluding hydrogens is 420 g/mol. The van der Waals surface area contributed by atoms with Crippen LogP contribution in [-0.2, 0) is 6.54 Å². The van der Waals surface area contributed by atoms with Gasteiger partial charge in [-0.05, 0) is 73.8 Å². The van der Waals surface area contributed by atoms with Gasteiger partial charge in [0, 0.05) is 42.2 Å². The highest BCUT2D eigenvalue weighted by Crippen LogP contribution is 2.34. The first-order valence-electron chi connectivity index (χ1n) is 10.8. The molecule has 1 saturated heterocycles. The van der Waals surface area contributed by atoms with Gasteiger partial charge in [-0.3, -0.25) is 9.88 Å². The van der Waals surface area contributed by atoms with Gasteiger partial charge in [-0.1, -0.05) is 11.3 Å². The second-order valence-electron chi connectivity index (χ2n) is 8.16. The lowest BCUT2D eigenvalue weighted by Gasteiger charge is -2.31. The van der Waals surface area contributed by atoms with Gasteiger partial charge in [0.25, 0.3) is 5.19 Å². The van der Waals surface area contributed by atoms with Crippen LogP contribution in [0.3, 0.4) is 0 Å². The molecule has 0 saturated carbocycles. The minimum absolute atomic E-state index is 0.585. The third-order valence-corrected chi connectivity index (χ3v) is 7.02. The monoisotopic (exact) mass is 442 g/mol. The zero-order valence-corrected chi connectivity index (χ0v) is 18.3. The molecule has 0 unspecified atom stereocenters. The predicted molar refractivity (Wildman–Crippen MR) is 125 cm³/mol. The first kappa shape index (κ1) is 19.4. The number of thiazole rings is 1. The molecule has 6 nitrogen and oxygen atoms in total. The number of pyridine rings is 2. The Morgan fingerprint density at radius 3 is 2.78 bits per heavy atom. The molecule has 6 rings (SSSR count). The third-order valence-electron chi connectivity index (χ3n) is 6.14. The van der Waals surface area contributed by atoms with Crippen LogP contribution < -0.4 is 4.74 Å². The van der Waals surface area contributed by atoms with Crippen molar-refractivity contribution >= 4 is 32.7 Å². The van der Waals surface area contributed by atoms with Gasteiger partial charge >= 0.3 is 0 Å². The van der Waals surface area contributed by atoms with Crippen molar-refractivity contribution < 1.29 is 9.15 Å². The molecule has 32 heavy (non-hydrogen) atoms. The summed E-state index contributed by atoms with van der Waals surface area (Å²) >= 11 is 1.49. The molecule has 160 valence electrons. The van der Waals surface area contributed by atoms with Crippen LogP contribution in [0.5, 0.6) is 10.9 Å². The number of likely N-dealkylation sites (tertiary alicyclic amines) is 1. The zero-order valence-electron chi connectivity index (χ0n) is 17.5. The van der Waals surface area contributed by atoms with E-state index in [1.807, 2.05) is 42.9 Å². The Morgan fingerprint density at radius 1 is 1.06 bits per heavy atom. The van der Waals surface area contributed by atoms with Crippen LogP contribution in [0, 0.1) is 0 Å². The smallest absolute Gasteiger partial charge is 0.281 e. The van der Waals surface area contributed by atoms with Crippen molar-refractivity contribution in [2.24, 2.45) is 0 Å². The number of aromatic nitrogens is 3. The summed E-state index contributed by atoms with van der Waals surface area (Å²) < 4.78 is 12.9. The molecule has 5 heterocycles. The van der Waals surface area contributed by atoms with Crippen LogP contribution >= 0.6 is 11.3 Å². The molecule has 1 aliphatic rings. The number of rotatable bonds is 5. The molecule has 7 heteroatoms. The molecule has 0 atom stereocenters. The fraction of sp³-hybridized carbons (Fsp3) is 0.240. The quantitative estimate of drug-likeness (QED) is 0.332. The number of ether oxygens (including phenoxy) is 1. The van der Waals surface area contributed by atoms with E-state index in [1.54, 1.807) is 6.20 Å². The summed E-state index contributed by atoms with van der Waals surface area (Å²) in [6.07, 6.45) is 9.76. The Labute approximate surface area is 189 Å². The maximum atomic E-state index is 5.98. The summed E-state index contributed by atoms with van der Waals surface area (Å²) in [6.45, 7) is 3.08. The lowest BCUT2D eigenvalue weighted by Crippen LogP contribution is -2.32. The molecule has 0 N–H and O–H groups in total. The summed E-state index contributed by atoms with van der Waals surface area (Å²) in [5.41, 5.74) is 4.17. The maximum absolute atomic E-state index is 5.98. The molecule has 0 radical (unpaired) electrons. The molecule has 0 bridgehead atoms. The zero-order chi connectivity index (χ0) is 21.3. The van der Waals surface area contributed by atoms with Crippen molar-refractivity contribution in [1.82, 2.24) is 19.9 Å². The first-order chi connectivity index (χ1) is 15.8. The first-order valence-corrected chi connectivity index (χ1v) is 11.7. The fourth-order valence-corrected chi connectivity index (χ4v) is 5.24. The molecule has 4 aromatic heterocycles. The standard InChI is InChI=1S/C25H22N4O2S/c1-2-23-24(27-9-1)28-25(32-23)31-20-3-4-21-19(16-30-22(21)14-20)15-29-12-7-18(8-13-29)17-5-10-26-11-6-17/h1-6,9-11,14,16,18H,7-8,12-13,15H2. The fourth-order valence-electron chi connectivity index (χ4n) is 4.44. The van der Waals surface area contributed by atoms with Crippen LogP contribution in [0.4, 0.5) is 0 Å². The Bertz CT molecular complexity index is 1320. The molecule has 0 aliphatic carbocycles. The largest absolute Gasteiger partial charge is 0.464 e. The van der Waals surface area contributed by atoms with Crippen molar-refractivity contribution in [3.05, 3.63) is 78.4 Å². The summed E-state index contributed by atoms with van der Waals surface area (Å²) in [7, 11) is 0. The van der Waals surface area contributed by atoms with E-state index >= 15 is 0 Å². The lowest BCUT2D eigenvalue weighted by atomic mass is 9.90. The van der Waals surface area contributed by atoms with E-state index in [0.29, 0.717) is 16.8 Å². The van der Waals surface area contributed by atoms with Crippen LogP contribution in [0.2, 0.25) is 0 Å². The van der Waals surface area contributed by atoms with Crippen molar-refractivity contribution in [3.8, 4) is 10.9 Å². The van der Waals surface area contributed by atoms with Gasteiger partial charge in [-0.15, -0.1) is 0 Å². The minimum atomic E-state index is 0.585. The van der Waals surface area contributed by atoms with Crippen molar-refractivity contribution in [2.45, 2.75) is 25.3 Å². The van der Waals surface area contributed by atoms with Crippen LogP contribution in [0.25, 0.3) is 21.3 Å². The van der Waals surface area contributed by atoms with E-state index in [0.717, 1.165) is 41.1 Å². The number of fused-ring (bicyclic) bond motifs is 2. The van der Waals surface area contributed by atoms with Gasteiger partial charge in [0.2, 0.25) is 0 Å². The van der Waals surface area contributed by atoms with E-state index in [9.17, 15) is 0 Å². The van der Waals surface area contributed by atoms with E-state index in [1.165, 1.54) is 35.3 Å². The number of benzene rings is 1. The molecule has 1 aromatic carbocycles. The Kier molecular flexibility index (Phi) is 5.05. The van der Waals surface area contributed by atoms with E-state index in [2.05, 4.69) is 38.1 Å². The second-order valence-corrected chi connectivity index (χ2v) is 9.15. The van der Waals surface area contributed by atoms with Crippen molar-refractivity contribution in [3.63, 3.8) is 0 Å². The SMILES string of the molecule is c1cnc2nc(Oc3ccc4c(CN5CCC(c6ccncc6)CC5)coc4c3)sc2c1. The van der Waals surface area contributed by atoms with Crippen LogP contribution in [0.15, 0.2) is 71.7 Å². The number of furan rings is 1. The highest BCUT2D eigenvalue weighted by atomic mass is 32.1. The summed E-state index contributed by atoms with van der Waals surface area (Å²) in [5.74, 6) is 1.35. The summed E-state index contributed by atoms with van der Waals surface area (Å²) in [6, 6.07) is 14.2. The lowest BCUT2D eigenvalue weighted by molar-refractivity contribution is 0.204. The molecule has 1 fully saturated rings. The van der Waals surface area contributed by atoms with Crippen molar-refractivity contribution in [1.29, 1.82) is 0 Å². The summed E-state index contributed by atoms with van der Waals surface area (Å²) in [5, 5.41) is 1.72. The average molecular weight is 443 g/mol. The topological polar surface area (TPSA) is 64.3 Å². The minimum Gasteiger partial charge on any atom is -0.464 e. The predicted octanol–water partition coefficient (Wildman–Crippen LogP) is 6.00. The number of hydrogen-bond acceptors (Lipinski definition) is 7. The number of hydrogen-bond donors (Lipinski definition) is 0. The van der Waals surface area contributed by atoms with E-state index in [-0.39, 0.29) is 0 Å². The van der Waals surface area contributed by atoms with Gasteiger partial charge in [0.15, 0.2) is 5.65 Å². The van der Waals surface area contributed by atoms with E-state index in [4.69, 9.17) is 9.15 Å². The Hall–Kier alpha value is -3.29. The molecular formula is C25H22N4O2S. The van der Waals surface area contributed by atoms with Crippen LogP contribution in [-0.4, -0.2) is 32.9 Å². The summed E-state index contributed by atoms with van der Waals surface area (Å²) in [4.78, 5) is 15.4. The molecule has 1 aliphatic heterocycles. The van der Waals surface area contributed by atoms with Gasteiger partial charge in [-0.25, -0.2) is 4.98 Å². The van der Waals surface area contributed by atoms with E-state index < -0.39 is 0 Å². The van der Waals surface area contributed by atoms with Gasteiger partial charge in [0.05, 0.1) is 11.0 Å². The highest BCUT2D eigenvalue weighted by molar-refractivity contribution is 7.20. The Morgan fingerprint density at radius 2 is 1.94 bits per heavy atom. The van der Waals surface area contributed by atoms with Gasteiger partial charge in [-0.2, -0.15) is 4.98 Å². The second kappa shape index (κ2) is 8.33. The highest BCUT2D eigenvalue weighted by Gasteiger charge is 2.21. The normalized spacial score (nSPS) is 15.5. The van der Waals surface area contributed by atoms with Gasteiger partial charge in [0.1, 0.15) is 11.3 Å². The third kappa shape index (κ3) is 3.85. The molecule has 0 spiro atoms. The number of piperidine rings is 1. The molecule has 0 amide bonds. The number of nitrogens with zero attached hydrogens (tertiary/aromatic N) is 4.